The van der Waals surface area contributed by atoms with Gasteiger partial charge in [-0.3, -0.25) is 4.79 Å². The van der Waals surface area contributed by atoms with Crippen molar-refractivity contribution < 1.29 is 19.1 Å². The molecule has 9 heteroatoms. The summed E-state index contributed by atoms with van der Waals surface area (Å²) in [6, 6.07) is 20.2. The zero-order valence-electron chi connectivity index (χ0n) is 19.0. The van der Waals surface area contributed by atoms with Crippen LogP contribution in [0.25, 0.3) is 5.69 Å². The molecule has 35 heavy (non-hydrogen) atoms. The molecule has 1 N–H and O–H groups in total. The molecule has 1 unspecified atom stereocenters. The molecule has 0 saturated carbocycles. The minimum Gasteiger partial charge on any atom is -0.538 e. The van der Waals surface area contributed by atoms with E-state index in [2.05, 4.69) is 40.9 Å². The number of hydrogen-bond donors (Lipinski definition) is 1. The monoisotopic (exact) mass is 502 g/mol. The molecular formula is C26H22N4O3S2. The minimum atomic E-state index is -0.598. The van der Waals surface area contributed by atoms with Gasteiger partial charge in [0.2, 0.25) is 11.6 Å². The largest absolute Gasteiger partial charge is 0.538 e. The number of nitriles is 1. The van der Waals surface area contributed by atoms with Gasteiger partial charge >= 0.3 is 0 Å². The van der Waals surface area contributed by atoms with E-state index >= 15 is 0 Å². The zero-order valence-corrected chi connectivity index (χ0v) is 20.6. The van der Waals surface area contributed by atoms with Gasteiger partial charge in [-0.15, -0.1) is 11.3 Å². The van der Waals surface area contributed by atoms with Crippen LogP contribution in [-0.4, -0.2) is 16.9 Å². The molecule has 0 aliphatic heterocycles. The van der Waals surface area contributed by atoms with Crippen molar-refractivity contribution in [2.75, 3.05) is 11.1 Å². The van der Waals surface area contributed by atoms with Gasteiger partial charge < -0.3 is 14.9 Å². The van der Waals surface area contributed by atoms with Gasteiger partial charge in [0, 0.05) is 17.0 Å². The number of amides is 1. The summed E-state index contributed by atoms with van der Waals surface area (Å²) in [7, 11) is 0. The van der Waals surface area contributed by atoms with Crippen LogP contribution < -0.4 is 15.1 Å². The molecule has 0 bridgehead atoms. The zero-order chi connectivity index (χ0) is 24.4. The average molecular weight is 503 g/mol. The lowest BCUT2D eigenvalue weighted by Crippen LogP contribution is -2.35. The third-order valence-corrected chi connectivity index (χ3v) is 8.28. The molecule has 0 saturated heterocycles. The van der Waals surface area contributed by atoms with Crippen LogP contribution in [-0.2, 0) is 17.6 Å². The molecule has 0 spiro atoms. The van der Waals surface area contributed by atoms with Gasteiger partial charge in [0.1, 0.15) is 11.1 Å². The second-order valence-electron chi connectivity index (χ2n) is 8.42. The molecule has 5 rings (SSSR count). The Balaban J connectivity index is 1.29. The van der Waals surface area contributed by atoms with Crippen molar-refractivity contribution in [2.24, 2.45) is 0 Å². The lowest BCUT2D eigenvalue weighted by molar-refractivity contribution is -0.705. The molecule has 1 aliphatic carbocycles. The van der Waals surface area contributed by atoms with Crippen LogP contribution in [0.1, 0.15) is 39.5 Å². The molecule has 176 valence electrons. The second-order valence-corrected chi connectivity index (χ2v) is 10.5. The SMILES string of the molecule is Cc1ccc(-[n+]2noc([O-])c2SCC(=O)Nc2sc3c(c2C#N)CCC(c2ccccc2)C3)cc1. The number of hydrogen-bond acceptors (Lipinski definition) is 7. The average Bonchev–Trinajstić information content (AvgIpc) is 3.42. The highest BCUT2D eigenvalue weighted by molar-refractivity contribution is 7.99. The highest BCUT2D eigenvalue weighted by atomic mass is 32.2. The fourth-order valence-electron chi connectivity index (χ4n) is 4.31. The number of fused-ring (bicyclic) bond motifs is 1. The van der Waals surface area contributed by atoms with E-state index in [9.17, 15) is 15.2 Å². The summed E-state index contributed by atoms with van der Waals surface area (Å²) < 4.78 is 6.23. The Morgan fingerprint density at radius 3 is 2.80 bits per heavy atom. The molecule has 1 amide bonds. The van der Waals surface area contributed by atoms with Crippen LogP contribution in [0.3, 0.4) is 0 Å². The summed E-state index contributed by atoms with van der Waals surface area (Å²) in [6.45, 7) is 1.97. The van der Waals surface area contributed by atoms with Gasteiger partial charge in [-0.05, 0) is 59.7 Å². The summed E-state index contributed by atoms with van der Waals surface area (Å²) >= 11 is 2.54. The van der Waals surface area contributed by atoms with Crippen LogP contribution in [0.5, 0.6) is 5.95 Å². The van der Waals surface area contributed by atoms with E-state index in [-0.39, 0.29) is 16.7 Å². The fourth-order valence-corrected chi connectivity index (χ4v) is 6.36. The maximum absolute atomic E-state index is 12.8. The van der Waals surface area contributed by atoms with Crippen molar-refractivity contribution >= 4 is 34.0 Å². The fraction of sp³-hybridized carbons (Fsp3) is 0.231. The molecular weight excluding hydrogens is 480 g/mol. The number of carbonyl (C=O) groups is 1. The molecule has 2 heterocycles. The van der Waals surface area contributed by atoms with E-state index in [1.807, 2.05) is 37.3 Å². The van der Waals surface area contributed by atoms with Crippen molar-refractivity contribution in [3.05, 3.63) is 81.7 Å². The number of carbonyl (C=O) groups excluding carboxylic acids is 1. The van der Waals surface area contributed by atoms with Crippen molar-refractivity contribution in [3.63, 3.8) is 0 Å². The maximum atomic E-state index is 12.8. The summed E-state index contributed by atoms with van der Waals surface area (Å²) in [5.41, 5.74) is 4.66. The summed E-state index contributed by atoms with van der Waals surface area (Å²) in [4.78, 5) is 13.9. The highest BCUT2D eigenvalue weighted by Crippen LogP contribution is 2.42. The standard InChI is InChI=1S/C26H22N4O3S2/c1-16-7-10-19(11-8-16)30-25(26(32)33-29-30)34-15-23(31)28-24-21(14-27)20-12-9-18(13-22(20)35-24)17-5-3-2-4-6-17/h2-8,10-11,18H,9,12-13,15H2,1H3,(H-,28,29,31,32). The number of anilines is 1. The third-order valence-electron chi connectivity index (χ3n) is 6.09. The Morgan fingerprint density at radius 1 is 1.29 bits per heavy atom. The van der Waals surface area contributed by atoms with Gasteiger partial charge in [-0.25, -0.2) is 0 Å². The van der Waals surface area contributed by atoms with E-state index in [1.54, 1.807) is 0 Å². The Morgan fingerprint density at radius 2 is 2.06 bits per heavy atom. The first-order valence-corrected chi connectivity index (χ1v) is 13.0. The van der Waals surface area contributed by atoms with Crippen LogP contribution in [0.4, 0.5) is 5.00 Å². The Bertz CT molecular complexity index is 1410. The lowest BCUT2D eigenvalue weighted by atomic mass is 9.83. The Hall–Kier alpha value is -3.61. The lowest BCUT2D eigenvalue weighted by Gasteiger charge is -2.22. The summed E-state index contributed by atoms with van der Waals surface area (Å²) in [6.07, 6.45) is 2.65. The molecule has 4 aromatic rings. The van der Waals surface area contributed by atoms with Gasteiger partial charge in [0.05, 0.1) is 16.6 Å². The van der Waals surface area contributed by atoms with Crippen LogP contribution >= 0.6 is 23.1 Å². The van der Waals surface area contributed by atoms with E-state index in [0.29, 0.717) is 22.2 Å². The molecule has 1 atom stereocenters. The van der Waals surface area contributed by atoms with Gasteiger partial charge in [0.25, 0.3) is 5.03 Å². The first-order chi connectivity index (χ1) is 17.0. The summed E-state index contributed by atoms with van der Waals surface area (Å²) in [5, 5.41) is 29.5. The Kier molecular flexibility index (Phi) is 6.57. The number of nitrogens with zero attached hydrogens (tertiary/aromatic N) is 3. The van der Waals surface area contributed by atoms with Gasteiger partial charge in [-0.2, -0.15) is 5.26 Å². The minimum absolute atomic E-state index is 0.0115. The normalized spacial score (nSPS) is 14.8. The third kappa shape index (κ3) is 4.81. The first kappa shape index (κ1) is 23.1. The van der Waals surface area contributed by atoms with Crippen molar-refractivity contribution in [1.29, 1.82) is 5.26 Å². The molecule has 7 nitrogen and oxygen atoms in total. The van der Waals surface area contributed by atoms with Crippen LogP contribution in [0.2, 0.25) is 0 Å². The number of rotatable bonds is 6. The van der Waals surface area contributed by atoms with Crippen molar-refractivity contribution in [3.8, 4) is 17.7 Å². The van der Waals surface area contributed by atoms with E-state index < -0.39 is 5.95 Å². The molecule has 2 aromatic carbocycles. The number of thiophene rings is 1. The molecule has 2 aromatic heterocycles. The van der Waals surface area contributed by atoms with Crippen molar-refractivity contribution in [1.82, 2.24) is 5.27 Å². The molecule has 1 aliphatic rings. The van der Waals surface area contributed by atoms with Crippen LogP contribution in [0, 0.1) is 18.3 Å². The number of nitrogens with one attached hydrogen (secondary N) is 1. The van der Waals surface area contributed by atoms with E-state index in [1.165, 1.54) is 21.6 Å². The predicted molar refractivity (Wildman–Crippen MR) is 132 cm³/mol. The van der Waals surface area contributed by atoms with E-state index in [0.717, 1.165) is 47.0 Å². The predicted octanol–water partition coefficient (Wildman–Crippen LogP) is 4.27. The van der Waals surface area contributed by atoms with Gasteiger partial charge in [0.15, 0.2) is 5.95 Å². The Labute approximate surface area is 211 Å². The second kappa shape index (κ2) is 9.94. The smallest absolute Gasteiger partial charge is 0.298 e. The topological polar surface area (TPSA) is 106 Å². The molecule has 0 radical (unpaired) electrons. The highest BCUT2D eigenvalue weighted by Gasteiger charge is 2.28. The van der Waals surface area contributed by atoms with E-state index in [4.69, 9.17) is 4.52 Å². The quantitative estimate of drug-likeness (QED) is 0.312. The molecule has 0 fully saturated rings. The summed E-state index contributed by atoms with van der Waals surface area (Å²) in [5.74, 6) is -0.489. The van der Waals surface area contributed by atoms with Crippen molar-refractivity contribution in [2.45, 2.75) is 37.1 Å². The number of aromatic nitrogens is 2. The van der Waals surface area contributed by atoms with Gasteiger partial charge in [-0.1, -0.05) is 48.0 Å². The number of aryl methyl sites for hydroxylation is 1. The maximum Gasteiger partial charge on any atom is 0.298 e. The van der Waals surface area contributed by atoms with Crippen LogP contribution in [0.15, 0.2) is 64.1 Å². The first-order valence-electron chi connectivity index (χ1n) is 11.2. The number of thioether (sulfide) groups is 1. The number of benzene rings is 2.